The summed E-state index contributed by atoms with van der Waals surface area (Å²) in [4.78, 5) is 11.6. The molecule has 2 aromatic rings. The fraction of sp³-hybridized carbons (Fsp3) is 0.357. The zero-order valence-electron chi connectivity index (χ0n) is 12.4. The molecule has 0 aliphatic rings. The third-order valence-electron chi connectivity index (χ3n) is 2.91. The van der Waals surface area contributed by atoms with Crippen LogP contribution in [0.1, 0.15) is 0 Å². The fourth-order valence-electron chi connectivity index (χ4n) is 1.79. The Bertz CT molecular complexity index is 648. The highest BCUT2D eigenvalue weighted by molar-refractivity contribution is 7.99. The van der Waals surface area contributed by atoms with Gasteiger partial charge in [-0.1, -0.05) is 23.9 Å². The minimum Gasteiger partial charge on any atom is -0.383 e. The van der Waals surface area contributed by atoms with Crippen molar-refractivity contribution < 1.29 is 13.9 Å². The number of nitrogens with zero attached hydrogens (tertiary/aromatic N) is 3. The molecular weight excluding hydrogens is 307 g/mol. The van der Waals surface area contributed by atoms with E-state index in [0.717, 1.165) is 0 Å². The molecule has 1 amide bonds. The van der Waals surface area contributed by atoms with Crippen LogP contribution in [0.15, 0.2) is 29.4 Å². The molecule has 0 aliphatic carbocycles. The molecular formula is C14H17FN4O2S. The van der Waals surface area contributed by atoms with Gasteiger partial charge in [-0.05, 0) is 12.1 Å². The lowest BCUT2D eigenvalue weighted by atomic mass is 10.2. The van der Waals surface area contributed by atoms with E-state index >= 15 is 0 Å². The number of methoxy groups -OCH3 is 1. The van der Waals surface area contributed by atoms with Crippen LogP contribution in [0, 0.1) is 5.82 Å². The number of rotatable bonds is 7. The lowest BCUT2D eigenvalue weighted by Crippen LogP contribution is -2.28. The molecule has 0 aliphatic heterocycles. The van der Waals surface area contributed by atoms with Crippen LogP contribution in [0.25, 0.3) is 11.4 Å². The Hall–Kier alpha value is -1.93. The van der Waals surface area contributed by atoms with Gasteiger partial charge in [0.25, 0.3) is 0 Å². The minimum absolute atomic E-state index is 0.113. The molecule has 2 rings (SSSR count). The molecule has 0 bridgehead atoms. The summed E-state index contributed by atoms with van der Waals surface area (Å²) >= 11 is 1.25. The van der Waals surface area contributed by atoms with E-state index in [0.29, 0.717) is 29.7 Å². The number of thioether (sulfide) groups is 1. The maximum absolute atomic E-state index is 13.8. The lowest BCUT2D eigenvalue weighted by Gasteiger charge is -2.05. The molecule has 118 valence electrons. The molecule has 0 radical (unpaired) electrons. The molecule has 0 saturated heterocycles. The molecule has 0 spiro atoms. The predicted molar refractivity (Wildman–Crippen MR) is 82.0 cm³/mol. The molecule has 1 aromatic carbocycles. The average molecular weight is 324 g/mol. The molecule has 0 saturated carbocycles. The van der Waals surface area contributed by atoms with Crippen molar-refractivity contribution in [2.24, 2.45) is 7.05 Å². The van der Waals surface area contributed by atoms with Gasteiger partial charge in [-0.2, -0.15) is 0 Å². The van der Waals surface area contributed by atoms with Crippen LogP contribution in [-0.4, -0.2) is 46.7 Å². The van der Waals surface area contributed by atoms with Gasteiger partial charge < -0.3 is 14.6 Å². The normalized spacial score (nSPS) is 10.7. The highest BCUT2D eigenvalue weighted by Gasteiger charge is 2.15. The van der Waals surface area contributed by atoms with E-state index in [9.17, 15) is 9.18 Å². The first-order valence-corrected chi connectivity index (χ1v) is 7.64. The fourth-order valence-corrected chi connectivity index (χ4v) is 2.53. The van der Waals surface area contributed by atoms with Crippen molar-refractivity contribution in [2.75, 3.05) is 26.0 Å². The van der Waals surface area contributed by atoms with E-state index < -0.39 is 0 Å². The zero-order chi connectivity index (χ0) is 15.9. The number of hydrogen-bond donors (Lipinski definition) is 1. The van der Waals surface area contributed by atoms with Gasteiger partial charge in [0.15, 0.2) is 11.0 Å². The Morgan fingerprint density at radius 2 is 2.18 bits per heavy atom. The standard InChI is InChI=1S/C14H17FN4O2S/c1-19-13(10-5-3-4-6-11(10)15)17-18-14(19)22-9-12(20)16-7-8-21-2/h3-6H,7-9H2,1-2H3,(H,16,20). The van der Waals surface area contributed by atoms with E-state index in [1.165, 1.54) is 17.8 Å². The number of ether oxygens (including phenoxy) is 1. The number of aromatic nitrogens is 3. The summed E-state index contributed by atoms with van der Waals surface area (Å²) in [5, 5.41) is 11.3. The zero-order valence-corrected chi connectivity index (χ0v) is 13.2. The van der Waals surface area contributed by atoms with Crippen LogP contribution in [0.3, 0.4) is 0 Å². The summed E-state index contributed by atoms with van der Waals surface area (Å²) in [6.45, 7) is 0.937. The second-order valence-electron chi connectivity index (χ2n) is 4.48. The smallest absolute Gasteiger partial charge is 0.230 e. The van der Waals surface area contributed by atoms with Crippen LogP contribution in [0.2, 0.25) is 0 Å². The quantitative estimate of drug-likeness (QED) is 0.617. The molecule has 1 heterocycles. The molecule has 8 heteroatoms. The van der Waals surface area contributed by atoms with Gasteiger partial charge in [-0.15, -0.1) is 10.2 Å². The molecule has 1 N–H and O–H groups in total. The molecule has 6 nitrogen and oxygen atoms in total. The monoisotopic (exact) mass is 324 g/mol. The summed E-state index contributed by atoms with van der Waals surface area (Å²) in [5.41, 5.74) is 0.383. The van der Waals surface area contributed by atoms with Crippen molar-refractivity contribution in [1.82, 2.24) is 20.1 Å². The molecule has 0 unspecified atom stereocenters. The Kier molecular flexibility index (Phi) is 5.91. The van der Waals surface area contributed by atoms with Crippen molar-refractivity contribution in [2.45, 2.75) is 5.16 Å². The third-order valence-corrected chi connectivity index (χ3v) is 3.93. The summed E-state index contributed by atoms with van der Waals surface area (Å²) in [6, 6.07) is 6.38. The summed E-state index contributed by atoms with van der Waals surface area (Å²) in [5.74, 6) is 0.178. The molecule has 0 fully saturated rings. The highest BCUT2D eigenvalue weighted by atomic mass is 32.2. The Labute approximate surface area is 132 Å². The van der Waals surface area contributed by atoms with Crippen LogP contribution in [0.4, 0.5) is 4.39 Å². The van der Waals surface area contributed by atoms with Crippen LogP contribution in [-0.2, 0) is 16.6 Å². The number of amides is 1. The lowest BCUT2D eigenvalue weighted by molar-refractivity contribution is -0.118. The SMILES string of the molecule is COCCNC(=O)CSc1nnc(-c2ccccc2F)n1C. The van der Waals surface area contributed by atoms with Gasteiger partial charge in [0.1, 0.15) is 5.82 Å². The first kappa shape index (κ1) is 16.4. The van der Waals surface area contributed by atoms with Crippen LogP contribution < -0.4 is 5.32 Å². The van der Waals surface area contributed by atoms with E-state index in [1.54, 1.807) is 36.9 Å². The van der Waals surface area contributed by atoms with E-state index in [1.807, 2.05) is 0 Å². The first-order chi connectivity index (χ1) is 10.6. The van der Waals surface area contributed by atoms with Crippen molar-refractivity contribution in [3.8, 4) is 11.4 Å². The molecule has 1 aromatic heterocycles. The highest BCUT2D eigenvalue weighted by Crippen LogP contribution is 2.24. The van der Waals surface area contributed by atoms with E-state index in [4.69, 9.17) is 4.74 Å². The number of hydrogen-bond acceptors (Lipinski definition) is 5. The van der Waals surface area contributed by atoms with Gasteiger partial charge in [-0.25, -0.2) is 4.39 Å². The number of nitrogens with one attached hydrogen (secondary N) is 1. The number of carbonyl (C=O) groups excluding carboxylic acids is 1. The first-order valence-electron chi connectivity index (χ1n) is 6.66. The number of halogens is 1. The van der Waals surface area contributed by atoms with Crippen molar-refractivity contribution in [3.05, 3.63) is 30.1 Å². The van der Waals surface area contributed by atoms with Crippen molar-refractivity contribution in [3.63, 3.8) is 0 Å². The second kappa shape index (κ2) is 7.90. The topological polar surface area (TPSA) is 69.0 Å². The van der Waals surface area contributed by atoms with E-state index in [2.05, 4.69) is 15.5 Å². The maximum atomic E-state index is 13.8. The second-order valence-corrected chi connectivity index (χ2v) is 5.42. The predicted octanol–water partition coefficient (Wildman–Crippen LogP) is 1.48. The molecule has 22 heavy (non-hydrogen) atoms. The largest absolute Gasteiger partial charge is 0.383 e. The third kappa shape index (κ3) is 4.05. The van der Waals surface area contributed by atoms with Crippen LogP contribution in [0.5, 0.6) is 0 Å². The Balaban J connectivity index is 2.00. The summed E-state index contributed by atoms with van der Waals surface area (Å²) in [7, 11) is 3.32. The van der Waals surface area contributed by atoms with Gasteiger partial charge in [-0.3, -0.25) is 4.79 Å². The average Bonchev–Trinajstić information content (AvgIpc) is 2.87. The Morgan fingerprint density at radius 3 is 2.91 bits per heavy atom. The molecule has 0 atom stereocenters. The van der Waals surface area contributed by atoms with Crippen molar-refractivity contribution in [1.29, 1.82) is 0 Å². The Morgan fingerprint density at radius 1 is 1.41 bits per heavy atom. The summed E-state index contributed by atoms with van der Waals surface area (Å²) in [6.07, 6.45) is 0. The van der Waals surface area contributed by atoms with Gasteiger partial charge in [0.2, 0.25) is 5.91 Å². The van der Waals surface area contributed by atoms with Crippen LogP contribution >= 0.6 is 11.8 Å². The van der Waals surface area contributed by atoms with Crippen molar-refractivity contribution >= 4 is 17.7 Å². The minimum atomic E-state index is -0.355. The van der Waals surface area contributed by atoms with Gasteiger partial charge >= 0.3 is 0 Å². The number of carbonyl (C=O) groups is 1. The number of benzene rings is 1. The van der Waals surface area contributed by atoms with Gasteiger partial charge in [0.05, 0.1) is 17.9 Å². The maximum Gasteiger partial charge on any atom is 0.230 e. The van der Waals surface area contributed by atoms with Gasteiger partial charge in [0, 0.05) is 20.7 Å². The van der Waals surface area contributed by atoms with E-state index in [-0.39, 0.29) is 17.5 Å². The summed E-state index contributed by atoms with van der Waals surface area (Å²) < 4.78 is 20.3.